The van der Waals surface area contributed by atoms with Gasteiger partial charge in [0.2, 0.25) is 0 Å². The third-order valence-electron chi connectivity index (χ3n) is 1.88. The van der Waals surface area contributed by atoms with Crippen molar-refractivity contribution in [3.05, 3.63) is 15.0 Å². The van der Waals surface area contributed by atoms with Crippen LogP contribution in [-0.4, -0.2) is 16.6 Å². The first kappa shape index (κ1) is 11.1. The molecule has 1 atom stereocenters. The molecule has 0 fully saturated rings. The van der Waals surface area contributed by atoms with Crippen molar-refractivity contribution < 1.29 is 5.11 Å². The maximum atomic E-state index is 10.1. The minimum absolute atomic E-state index is 0.223. The summed E-state index contributed by atoms with van der Waals surface area (Å²) in [6.07, 6.45) is 1.55. The van der Waals surface area contributed by atoms with Crippen molar-refractivity contribution in [2.75, 3.05) is 6.54 Å². The van der Waals surface area contributed by atoms with Crippen molar-refractivity contribution in [2.24, 2.45) is 5.73 Å². The van der Waals surface area contributed by atoms with Gasteiger partial charge in [-0.3, -0.25) is 0 Å². The van der Waals surface area contributed by atoms with Crippen molar-refractivity contribution in [3.8, 4) is 0 Å². The van der Waals surface area contributed by atoms with Crippen LogP contribution >= 0.6 is 27.3 Å². The fourth-order valence-electron chi connectivity index (χ4n) is 1.18. The number of halogens is 1. The predicted molar refractivity (Wildman–Crippen MR) is 57.7 cm³/mol. The highest BCUT2D eigenvalue weighted by Crippen LogP contribution is 2.29. The number of rotatable bonds is 4. The largest absolute Gasteiger partial charge is 0.381 e. The molecule has 0 aliphatic rings. The zero-order valence-electron chi connectivity index (χ0n) is 7.46. The smallest absolute Gasteiger partial charge is 0.128 e. The van der Waals surface area contributed by atoms with Crippen LogP contribution in [-0.2, 0) is 5.60 Å². The molecule has 13 heavy (non-hydrogen) atoms. The molecule has 1 heterocycles. The van der Waals surface area contributed by atoms with E-state index in [1.165, 1.54) is 11.3 Å². The number of hydrogen-bond donors (Lipinski definition) is 2. The second kappa shape index (κ2) is 4.50. The summed E-state index contributed by atoms with van der Waals surface area (Å²) in [6, 6.07) is 0. The predicted octanol–water partition coefficient (Wildman–Crippen LogP) is 1.85. The Labute approximate surface area is 90.1 Å². The highest BCUT2D eigenvalue weighted by molar-refractivity contribution is 9.10. The average molecular weight is 265 g/mol. The molecule has 0 spiro atoms. The fraction of sp³-hybridized carbons (Fsp3) is 0.625. The third kappa shape index (κ3) is 2.49. The minimum atomic E-state index is -0.939. The number of nitrogens with zero attached hydrogens (tertiary/aromatic N) is 1. The summed E-state index contributed by atoms with van der Waals surface area (Å²) >= 11 is 4.69. The molecule has 3 N–H and O–H groups in total. The zero-order chi connectivity index (χ0) is 9.90. The van der Waals surface area contributed by atoms with Gasteiger partial charge < -0.3 is 10.8 Å². The topological polar surface area (TPSA) is 59.1 Å². The Morgan fingerprint density at radius 1 is 1.77 bits per heavy atom. The van der Waals surface area contributed by atoms with Gasteiger partial charge in [0.25, 0.3) is 0 Å². The van der Waals surface area contributed by atoms with Crippen molar-refractivity contribution in [1.82, 2.24) is 4.98 Å². The zero-order valence-corrected chi connectivity index (χ0v) is 9.86. The summed E-state index contributed by atoms with van der Waals surface area (Å²) in [7, 11) is 0. The van der Waals surface area contributed by atoms with Crippen LogP contribution in [0.4, 0.5) is 0 Å². The van der Waals surface area contributed by atoms with E-state index in [0.717, 1.165) is 11.0 Å². The lowest BCUT2D eigenvalue weighted by atomic mass is 9.99. The van der Waals surface area contributed by atoms with Crippen LogP contribution in [0, 0.1) is 0 Å². The SMILES string of the molecule is CCCC(O)(CN)c1nc(Br)cs1. The molecule has 1 unspecified atom stereocenters. The van der Waals surface area contributed by atoms with E-state index in [4.69, 9.17) is 5.73 Å². The molecule has 3 nitrogen and oxygen atoms in total. The average Bonchev–Trinajstić information content (AvgIpc) is 2.52. The van der Waals surface area contributed by atoms with E-state index in [2.05, 4.69) is 20.9 Å². The Kier molecular flexibility index (Phi) is 3.85. The molecule has 0 aromatic carbocycles. The van der Waals surface area contributed by atoms with E-state index in [9.17, 15) is 5.11 Å². The first-order valence-corrected chi connectivity index (χ1v) is 5.83. The second-order valence-electron chi connectivity index (χ2n) is 2.96. The highest BCUT2D eigenvalue weighted by Gasteiger charge is 2.29. The Morgan fingerprint density at radius 3 is 2.85 bits per heavy atom. The van der Waals surface area contributed by atoms with Gasteiger partial charge in [-0.25, -0.2) is 4.98 Å². The molecule has 1 aromatic heterocycles. The van der Waals surface area contributed by atoms with Gasteiger partial charge in [0, 0.05) is 11.9 Å². The van der Waals surface area contributed by atoms with Gasteiger partial charge in [-0.05, 0) is 22.4 Å². The second-order valence-corrected chi connectivity index (χ2v) is 4.63. The normalized spacial score (nSPS) is 15.7. The molecule has 1 rings (SSSR count). The van der Waals surface area contributed by atoms with Gasteiger partial charge in [0.05, 0.1) is 0 Å². The number of hydrogen-bond acceptors (Lipinski definition) is 4. The van der Waals surface area contributed by atoms with Crippen molar-refractivity contribution in [2.45, 2.75) is 25.4 Å². The van der Waals surface area contributed by atoms with Crippen LogP contribution < -0.4 is 5.73 Å². The quantitative estimate of drug-likeness (QED) is 0.873. The molecule has 1 aromatic rings. The molecule has 0 bridgehead atoms. The molecule has 0 radical (unpaired) electrons. The van der Waals surface area contributed by atoms with Crippen LogP contribution in [0.2, 0.25) is 0 Å². The number of nitrogens with two attached hydrogens (primary N) is 1. The Hall–Kier alpha value is 0.0300. The van der Waals surface area contributed by atoms with Gasteiger partial charge in [-0.2, -0.15) is 0 Å². The van der Waals surface area contributed by atoms with Crippen LogP contribution in [0.15, 0.2) is 9.98 Å². The summed E-state index contributed by atoms with van der Waals surface area (Å²) in [4.78, 5) is 4.18. The van der Waals surface area contributed by atoms with Gasteiger partial charge in [-0.15, -0.1) is 11.3 Å². The van der Waals surface area contributed by atoms with Crippen LogP contribution in [0.5, 0.6) is 0 Å². The van der Waals surface area contributed by atoms with Gasteiger partial charge in [0.1, 0.15) is 15.2 Å². The van der Waals surface area contributed by atoms with Crippen LogP contribution in [0.25, 0.3) is 0 Å². The summed E-state index contributed by atoms with van der Waals surface area (Å²) in [5.41, 5.74) is 4.60. The first-order chi connectivity index (χ1) is 6.12. The number of aliphatic hydroxyl groups is 1. The lowest BCUT2D eigenvalue weighted by molar-refractivity contribution is 0.0356. The van der Waals surface area contributed by atoms with E-state index >= 15 is 0 Å². The monoisotopic (exact) mass is 264 g/mol. The fourth-order valence-corrected chi connectivity index (χ4v) is 2.57. The highest BCUT2D eigenvalue weighted by atomic mass is 79.9. The number of aromatic nitrogens is 1. The van der Waals surface area contributed by atoms with E-state index in [-0.39, 0.29) is 6.54 Å². The Bertz CT molecular complexity index is 279. The summed E-state index contributed by atoms with van der Waals surface area (Å²) < 4.78 is 0.760. The molecule has 74 valence electrons. The molecule has 0 aliphatic heterocycles. The van der Waals surface area contributed by atoms with Gasteiger partial charge in [0.15, 0.2) is 0 Å². The number of thiazole rings is 1. The molecular formula is C8H13BrN2OS. The van der Waals surface area contributed by atoms with Crippen molar-refractivity contribution in [1.29, 1.82) is 0 Å². The molecule has 0 saturated carbocycles. The lowest BCUT2D eigenvalue weighted by Gasteiger charge is -2.22. The van der Waals surface area contributed by atoms with E-state index in [0.29, 0.717) is 11.4 Å². The molecule has 5 heteroatoms. The van der Waals surface area contributed by atoms with Gasteiger partial charge >= 0.3 is 0 Å². The van der Waals surface area contributed by atoms with E-state index < -0.39 is 5.60 Å². The first-order valence-electron chi connectivity index (χ1n) is 4.16. The minimum Gasteiger partial charge on any atom is -0.381 e. The maximum Gasteiger partial charge on any atom is 0.128 e. The summed E-state index contributed by atoms with van der Waals surface area (Å²) in [5.74, 6) is 0. The van der Waals surface area contributed by atoms with E-state index in [1.54, 1.807) is 0 Å². The van der Waals surface area contributed by atoms with Gasteiger partial charge in [-0.1, -0.05) is 13.3 Å². The van der Waals surface area contributed by atoms with E-state index in [1.807, 2.05) is 12.3 Å². The Balaban J connectivity index is 2.88. The summed E-state index contributed by atoms with van der Waals surface area (Å²) in [5, 5.41) is 12.7. The van der Waals surface area contributed by atoms with Crippen molar-refractivity contribution >= 4 is 27.3 Å². The Morgan fingerprint density at radius 2 is 2.46 bits per heavy atom. The molecular weight excluding hydrogens is 252 g/mol. The summed E-state index contributed by atoms with van der Waals surface area (Å²) in [6.45, 7) is 2.24. The lowest BCUT2D eigenvalue weighted by Crippen LogP contribution is -2.34. The van der Waals surface area contributed by atoms with Crippen molar-refractivity contribution in [3.63, 3.8) is 0 Å². The van der Waals surface area contributed by atoms with Crippen LogP contribution in [0.1, 0.15) is 24.8 Å². The molecule has 0 saturated heterocycles. The molecule has 0 aliphatic carbocycles. The maximum absolute atomic E-state index is 10.1. The third-order valence-corrected chi connectivity index (χ3v) is 3.62. The molecule has 0 amide bonds. The van der Waals surface area contributed by atoms with Crippen LogP contribution in [0.3, 0.4) is 0 Å². The standard InChI is InChI=1S/C8H13BrN2OS/c1-2-3-8(12,5-10)7-11-6(9)4-13-7/h4,12H,2-3,5,10H2,1H3.